The van der Waals surface area contributed by atoms with Crippen LogP contribution in [-0.2, 0) is 11.3 Å². The number of nitrogens with zero attached hydrogens (tertiary/aromatic N) is 3. The number of furan rings is 1. The van der Waals surface area contributed by atoms with Gasteiger partial charge in [0.2, 0.25) is 17.7 Å². The highest BCUT2D eigenvalue weighted by Gasteiger charge is 2.26. The van der Waals surface area contributed by atoms with Crippen LogP contribution in [0.15, 0.2) is 28.9 Å². The first-order valence-electron chi connectivity index (χ1n) is 8.10. The van der Waals surface area contributed by atoms with Crippen LogP contribution in [0.25, 0.3) is 0 Å². The van der Waals surface area contributed by atoms with Crippen LogP contribution in [0.2, 0.25) is 0 Å². The summed E-state index contributed by atoms with van der Waals surface area (Å²) in [6.07, 6.45) is 3.17. The summed E-state index contributed by atoms with van der Waals surface area (Å²) in [6, 6.07) is 5.47. The number of hydrogen-bond donors (Lipinski definition) is 1. The van der Waals surface area contributed by atoms with E-state index in [0.717, 1.165) is 37.4 Å². The molecule has 128 valence electrons. The fourth-order valence-corrected chi connectivity index (χ4v) is 2.84. The molecule has 1 N–H and O–H groups in total. The number of anilines is 1. The minimum absolute atomic E-state index is 0.0166. The lowest BCUT2D eigenvalue weighted by Crippen LogP contribution is -2.41. The van der Waals surface area contributed by atoms with E-state index in [9.17, 15) is 4.79 Å². The van der Waals surface area contributed by atoms with Gasteiger partial charge >= 0.3 is 0 Å². The molecule has 0 aliphatic carbocycles. The van der Waals surface area contributed by atoms with Crippen molar-refractivity contribution in [1.29, 1.82) is 0 Å². The molecule has 2 aromatic rings. The fraction of sp³-hybridized carbons (Fsp3) is 0.471. The molecule has 1 fully saturated rings. The van der Waals surface area contributed by atoms with Gasteiger partial charge in [0.25, 0.3) is 0 Å². The van der Waals surface area contributed by atoms with Crippen molar-refractivity contribution in [3.05, 3.63) is 35.9 Å². The van der Waals surface area contributed by atoms with Crippen LogP contribution in [0.3, 0.4) is 0 Å². The lowest BCUT2D eigenvalue weighted by molar-refractivity contribution is -0.125. The van der Waals surface area contributed by atoms with Crippen LogP contribution in [0.1, 0.15) is 24.3 Å². The van der Waals surface area contributed by atoms with E-state index < -0.39 is 0 Å². The molecule has 0 saturated carbocycles. The molecular weight excluding hydrogens is 308 g/mol. The van der Waals surface area contributed by atoms with Crippen molar-refractivity contribution in [3.63, 3.8) is 0 Å². The third-order valence-electron chi connectivity index (χ3n) is 4.19. The quantitative estimate of drug-likeness (QED) is 0.902. The van der Waals surface area contributed by atoms with Crippen molar-refractivity contribution in [2.24, 2.45) is 5.92 Å². The highest BCUT2D eigenvalue weighted by atomic mass is 16.5. The Bertz CT molecular complexity index is 679. The number of methoxy groups -OCH3 is 1. The normalized spacial score (nSPS) is 15.3. The Hall–Kier alpha value is -2.57. The molecule has 0 spiro atoms. The number of amides is 1. The van der Waals surface area contributed by atoms with Crippen molar-refractivity contribution in [1.82, 2.24) is 15.3 Å². The molecule has 1 amide bonds. The average molecular weight is 330 g/mol. The summed E-state index contributed by atoms with van der Waals surface area (Å²) < 4.78 is 10.4. The van der Waals surface area contributed by atoms with Gasteiger partial charge in [-0.05, 0) is 31.9 Å². The molecular formula is C17H22N4O3. The third kappa shape index (κ3) is 3.84. The highest BCUT2D eigenvalue weighted by molar-refractivity contribution is 5.78. The van der Waals surface area contributed by atoms with Gasteiger partial charge in [0, 0.05) is 30.8 Å². The molecule has 1 aliphatic heterocycles. The Morgan fingerprint density at radius 3 is 2.88 bits per heavy atom. The topological polar surface area (TPSA) is 80.5 Å². The van der Waals surface area contributed by atoms with E-state index in [4.69, 9.17) is 9.15 Å². The summed E-state index contributed by atoms with van der Waals surface area (Å²) in [5, 5.41) is 2.93. The van der Waals surface area contributed by atoms with Crippen LogP contribution in [0, 0.1) is 12.8 Å². The summed E-state index contributed by atoms with van der Waals surface area (Å²) in [7, 11) is 1.60. The van der Waals surface area contributed by atoms with Crippen molar-refractivity contribution in [2.75, 3.05) is 25.1 Å². The Morgan fingerprint density at radius 2 is 2.21 bits per heavy atom. The molecule has 0 unspecified atom stereocenters. The Labute approximate surface area is 141 Å². The second-order valence-corrected chi connectivity index (χ2v) is 5.91. The van der Waals surface area contributed by atoms with Crippen LogP contribution < -0.4 is 15.0 Å². The molecule has 0 bridgehead atoms. The van der Waals surface area contributed by atoms with Gasteiger partial charge in [-0.15, -0.1) is 0 Å². The number of ether oxygens (including phenoxy) is 1. The molecule has 2 aromatic heterocycles. The lowest BCUT2D eigenvalue weighted by Gasteiger charge is -2.31. The molecule has 0 aromatic carbocycles. The molecule has 0 radical (unpaired) electrons. The third-order valence-corrected chi connectivity index (χ3v) is 4.19. The lowest BCUT2D eigenvalue weighted by atomic mass is 9.96. The molecule has 1 aliphatic rings. The van der Waals surface area contributed by atoms with E-state index in [1.54, 1.807) is 19.4 Å². The van der Waals surface area contributed by atoms with Crippen molar-refractivity contribution in [3.8, 4) is 5.88 Å². The van der Waals surface area contributed by atoms with Gasteiger partial charge in [-0.2, -0.15) is 4.98 Å². The standard InChI is InChI=1S/C17H22N4O3/c1-12-10-15(23-2)20-17(19-12)21-7-5-13(6-8-21)16(22)18-11-14-4-3-9-24-14/h3-4,9-10,13H,5-8,11H2,1-2H3,(H,18,22). The van der Waals surface area contributed by atoms with E-state index in [0.29, 0.717) is 18.4 Å². The summed E-state index contributed by atoms with van der Waals surface area (Å²) in [4.78, 5) is 23.2. The maximum absolute atomic E-state index is 12.3. The number of carbonyl (C=O) groups excluding carboxylic acids is 1. The van der Waals surface area contributed by atoms with Crippen molar-refractivity contribution >= 4 is 11.9 Å². The zero-order chi connectivity index (χ0) is 16.9. The fourth-order valence-electron chi connectivity index (χ4n) is 2.84. The zero-order valence-electron chi connectivity index (χ0n) is 14.0. The summed E-state index contributed by atoms with van der Waals surface area (Å²) >= 11 is 0. The Kier molecular flexibility index (Phi) is 4.98. The smallest absolute Gasteiger partial charge is 0.228 e. The van der Waals surface area contributed by atoms with Crippen LogP contribution in [0.5, 0.6) is 5.88 Å². The molecule has 3 heterocycles. The Balaban J connectivity index is 1.53. The van der Waals surface area contributed by atoms with E-state index in [1.165, 1.54) is 0 Å². The van der Waals surface area contributed by atoms with E-state index >= 15 is 0 Å². The number of carbonyl (C=O) groups is 1. The predicted molar refractivity (Wildman–Crippen MR) is 88.8 cm³/mol. The molecule has 0 atom stereocenters. The second kappa shape index (κ2) is 7.33. The number of hydrogen-bond acceptors (Lipinski definition) is 6. The number of piperidine rings is 1. The number of nitrogens with one attached hydrogen (secondary N) is 1. The van der Waals surface area contributed by atoms with Gasteiger partial charge in [-0.1, -0.05) is 0 Å². The van der Waals surface area contributed by atoms with Crippen LogP contribution >= 0.6 is 0 Å². The van der Waals surface area contributed by atoms with Gasteiger partial charge < -0.3 is 19.4 Å². The average Bonchev–Trinajstić information content (AvgIpc) is 3.12. The molecule has 24 heavy (non-hydrogen) atoms. The molecule has 3 rings (SSSR count). The summed E-state index contributed by atoms with van der Waals surface area (Å²) in [6.45, 7) is 3.86. The molecule has 7 nitrogen and oxygen atoms in total. The van der Waals surface area contributed by atoms with Crippen LogP contribution in [0.4, 0.5) is 5.95 Å². The first-order chi connectivity index (χ1) is 11.7. The van der Waals surface area contributed by atoms with E-state index in [1.807, 2.05) is 19.1 Å². The minimum atomic E-state index is 0.0166. The largest absolute Gasteiger partial charge is 0.481 e. The molecule has 7 heteroatoms. The van der Waals surface area contributed by atoms with Crippen molar-refractivity contribution in [2.45, 2.75) is 26.3 Å². The van der Waals surface area contributed by atoms with Gasteiger partial charge in [-0.25, -0.2) is 4.98 Å². The van der Waals surface area contributed by atoms with E-state index in [2.05, 4.69) is 20.2 Å². The summed E-state index contributed by atoms with van der Waals surface area (Å²) in [5.41, 5.74) is 0.871. The second-order valence-electron chi connectivity index (χ2n) is 5.91. The maximum atomic E-state index is 12.3. The van der Waals surface area contributed by atoms with Gasteiger partial charge in [0.1, 0.15) is 5.76 Å². The zero-order valence-corrected chi connectivity index (χ0v) is 14.0. The number of rotatable bonds is 5. The summed E-state index contributed by atoms with van der Waals surface area (Å²) in [5.74, 6) is 2.09. The minimum Gasteiger partial charge on any atom is -0.481 e. The van der Waals surface area contributed by atoms with E-state index in [-0.39, 0.29) is 11.8 Å². The monoisotopic (exact) mass is 330 g/mol. The van der Waals surface area contributed by atoms with Crippen LogP contribution in [-0.4, -0.2) is 36.1 Å². The van der Waals surface area contributed by atoms with Crippen molar-refractivity contribution < 1.29 is 13.9 Å². The van der Waals surface area contributed by atoms with Gasteiger partial charge in [-0.3, -0.25) is 4.79 Å². The SMILES string of the molecule is COc1cc(C)nc(N2CCC(C(=O)NCc3ccco3)CC2)n1. The van der Waals surface area contributed by atoms with Gasteiger partial charge in [0.05, 0.1) is 19.9 Å². The Morgan fingerprint density at radius 1 is 1.42 bits per heavy atom. The molecule has 1 saturated heterocycles. The highest BCUT2D eigenvalue weighted by Crippen LogP contribution is 2.23. The maximum Gasteiger partial charge on any atom is 0.228 e. The first kappa shape index (κ1) is 16.3. The van der Waals surface area contributed by atoms with Gasteiger partial charge in [0.15, 0.2) is 0 Å². The number of aryl methyl sites for hydroxylation is 1. The number of aromatic nitrogens is 2. The first-order valence-corrected chi connectivity index (χ1v) is 8.10. The predicted octanol–water partition coefficient (Wildman–Crippen LogP) is 1.92.